The molecule has 0 aliphatic carbocycles. The van der Waals surface area contributed by atoms with Crippen LogP contribution in [0.5, 0.6) is 0 Å². The fourth-order valence-corrected chi connectivity index (χ4v) is 2.35. The summed E-state index contributed by atoms with van der Waals surface area (Å²) in [5.74, 6) is 0. The Bertz CT molecular complexity index is 784. The van der Waals surface area contributed by atoms with Crippen molar-refractivity contribution in [2.24, 2.45) is 0 Å². The number of aromatic nitrogens is 3. The molecule has 0 unspecified atom stereocenters. The van der Waals surface area contributed by atoms with E-state index in [0.29, 0.717) is 0 Å². The van der Waals surface area contributed by atoms with Gasteiger partial charge < -0.3 is 4.98 Å². The maximum atomic E-state index is 4.20. The molecule has 1 aromatic carbocycles. The highest BCUT2D eigenvalue weighted by molar-refractivity contribution is 5.83. The van der Waals surface area contributed by atoms with Gasteiger partial charge in [0.25, 0.3) is 0 Å². The van der Waals surface area contributed by atoms with Crippen LogP contribution in [0.3, 0.4) is 0 Å². The van der Waals surface area contributed by atoms with E-state index in [4.69, 9.17) is 0 Å². The minimum Gasteiger partial charge on any atom is -0.361 e. The molecule has 0 bridgehead atoms. The second kappa shape index (κ2) is 5.75. The van der Waals surface area contributed by atoms with Crippen LogP contribution < -0.4 is 0 Å². The topological polar surface area (TPSA) is 41.6 Å². The third kappa shape index (κ3) is 2.92. The van der Waals surface area contributed by atoms with Gasteiger partial charge in [0.2, 0.25) is 0 Å². The summed E-state index contributed by atoms with van der Waals surface area (Å²) in [5.41, 5.74) is 5.48. The fourth-order valence-electron chi connectivity index (χ4n) is 2.35. The normalized spacial score (nSPS) is 10.7. The second-order valence-corrected chi connectivity index (χ2v) is 5.11. The zero-order valence-electron chi connectivity index (χ0n) is 11.8. The van der Waals surface area contributed by atoms with E-state index in [1.54, 1.807) is 12.4 Å². The van der Waals surface area contributed by atoms with Gasteiger partial charge in [-0.1, -0.05) is 19.2 Å². The van der Waals surface area contributed by atoms with E-state index in [0.717, 1.165) is 35.1 Å². The van der Waals surface area contributed by atoms with Gasteiger partial charge in [-0.3, -0.25) is 0 Å². The van der Waals surface area contributed by atoms with Crippen LogP contribution in [0.25, 0.3) is 22.0 Å². The first-order valence-electron chi connectivity index (χ1n) is 6.92. The molecule has 104 valence electrons. The number of benzene rings is 1. The molecule has 1 N–H and O–H groups in total. The van der Waals surface area contributed by atoms with E-state index in [9.17, 15) is 0 Å². The molecule has 3 aromatic rings. The Balaban J connectivity index is 1.67. The van der Waals surface area contributed by atoms with E-state index in [1.165, 1.54) is 17.3 Å². The quantitative estimate of drug-likeness (QED) is 0.746. The average Bonchev–Trinajstić information content (AvgIpc) is 3.00. The summed E-state index contributed by atoms with van der Waals surface area (Å²) in [6.45, 7) is 8.31. The van der Waals surface area contributed by atoms with Gasteiger partial charge in [-0.15, -0.1) is 0 Å². The smallest absolute Gasteiger partial charge is 0.115 e. The molecule has 0 spiro atoms. The number of rotatable bonds is 5. The van der Waals surface area contributed by atoms with Crippen LogP contribution in [-0.4, -0.2) is 15.0 Å². The number of aromatic amines is 1. The summed E-state index contributed by atoms with van der Waals surface area (Å²) in [6.07, 6.45) is 8.81. The van der Waals surface area contributed by atoms with Gasteiger partial charge >= 0.3 is 0 Å². The van der Waals surface area contributed by atoms with Gasteiger partial charge in [0.1, 0.15) is 6.33 Å². The van der Waals surface area contributed by atoms with Crippen molar-refractivity contribution in [2.45, 2.75) is 12.8 Å². The first-order chi connectivity index (χ1) is 10.2. The van der Waals surface area contributed by atoms with E-state index in [-0.39, 0.29) is 0 Å². The van der Waals surface area contributed by atoms with Crippen molar-refractivity contribution in [3.8, 4) is 0 Å². The van der Waals surface area contributed by atoms with Crippen molar-refractivity contribution in [3.63, 3.8) is 0 Å². The largest absolute Gasteiger partial charge is 0.361 e. The molecule has 0 aliphatic heterocycles. The predicted molar refractivity (Wildman–Crippen MR) is 87.6 cm³/mol. The van der Waals surface area contributed by atoms with E-state index in [2.05, 4.69) is 52.4 Å². The lowest BCUT2D eigenvalue weighted by Crippen LogP contribution is -1.89. The number of H-pyrrole nitrogens is 1. The molecular formula is C18H17N3. The molecule has 0 radical (unpaired) electrons. The minimum atomic E-state index is 0.859. The van der Waals surface area contributed by atoms with Gasteiger partial charge in [0.05, 0.1) is 0 Å². The van der Waals surface area contributed by atoms with Crippen molar-refractivity contribution in [3.05, 3.63) is 73.5 Å². The third-order valence-electron chi connectivity index (χ3n) is 3.66. The molecule has 2 heterocycles. The second-order valence-electron chi connectivity index (χ2n) is 5.11. The highest BCUT2D eigenvalue weighted by atomic mass is 14.8. The number of hydrogen-bond donors (Lipinski definition) is 1. The number of fused-ring (bicyclic) bond motifs is 1. The lowest BCUT2D eigenvalue weighted by atomic mass is 9.97. The molecule has 0 atom stereocenters. The summed E-state index contributed by atoms with van der Waals surface area (Å²) in [4.78, 5) is 11.2. The van der Waals surface area contributed by atoms with Crippen molar-refractivity contribution >= 4 is 22.0 Å². The SMILES string of the molecule is C=C(CCC(=C)c1ccc2[nH]ccc2c1)c1cncnc1. The van der Waals surface area contributed by atoms with E-state index in [1.807, 2.05) is 6.20 Å². The Labute approximate surface area is 124 Å². The summed E-state index contributed by atoms with van der Waals surface area (Å²) >= 11 is 0. The maximum Gasteiger partial charge on any atom is 0.115 e. The summed E-state index contributed by atoms with van der Waals surface area (Å²) < 4.78 is 0. The molecule has 3 heteroatoms. The Hall–Kier alpha value is -2.68. The fraction of sp³-hybridized carbons (Fsp3) is 0.111. The monoisotopic (exact) mass is 275 g/mol. The number of nitrogens with one attached hydrogen (secondary N) is 1. The Morgan fingerprint density at radius 1 is 0.952 bits per heavy atom. The van der Waals surface area contributed by atoms with Crippen LogP contribution >= 0.6 is 0 Å². The van der Waals surface area contributed by atoms with Gasteiger partial charge in [0.15, 0.2) is 0 Å². The van der Waals surface area contributed by atoms with Crippen molar-refractivity contribution in [1.82, 2.24) is 15.0 Å². The first kappa shape index (κ1) is 13.3. The summed E-state index contributed by atoms with van der Waals surface area (Å²) in [7, 11) is 0. The van der Waals surface area contributed by atoms with Gasteiger partial charge in [-0.05, 0) is 53.1 Å². The van der Waals surface area contributed by atoms with Crippen molar-refractivity contribution in [2.75, 3.05) is 0 Å². The average molecular weight is 275 g/mol. The molecule has 0 amide bonds. The van der Waals surface area contributed by atoms with Crippen LogP contribution in [0.15, 0.2) is 62.3 Å². The summed E-state index contributed by atoms with van der Waals surface area (Å²) in [5, 5.41) is 1.21. The summed E-state index contributed by atoms with van der Waals surface area (Å²) in [6, 6.07) is 8.44. The highest BCUT2D eigenvalue weighted by Crippen LogP contribution is 2.26. The first-order valence-corrected chi connectivity index (χ1v) is 6.92. The third-order valence-corrected chi connectivity index (χ3v) is 3.66. The van der Waals surface area contributed by atoms with Crippen LogP contribution in [0.1, 0.15) is 24.0 Å². The Kier molecular flexibility index (Phi) is 3.65. The van der Waals surface area contributed by atoms with Crippen LogP contribution in [0.4, 0.5) is 0 Å². The molecule has 3 nitrogen and oxygen atoms in total. The zero-order valence-corrected chi connectivity index (χ0v) is 11.8. The molecule has 0 aliphatic rings. The lowest BCUT2D eigenvalue weighted by molar-refractivity contribution is 1.07. The Morgan fingerprint density at radius 2 is 1.67 bits per heavy atom. The molecule has 0 fully saturated rings. The molecule has 3 rings (SSSR count). The molecular weight excluding hydrogens is 258 g/mol. The van der Waals surface area contributed by atoms with Crippen LogP contribution in [0, 0.1) is 0 Å². The molecule has 21 heavy (non-hydrogen) atoms. The van der Waals surface area contributed by atoms with E-state index < -0.39 is 0 Å². The van der Waals surface area contributed by atoms with Gasteiger partial charge in [-0.2, -0.15) is 0 Å². The number of nitrogens with zero attached hydrogens (tertiary/aromatic N) is 2. The van der Waals surface area contributed by atoms with Crippen LogP contribution in [0.2, 0.25) is 0 Å². The lowest BCUT2D eigenvalue weighted by Gasteiger charge is -2.08. The number of hydrogen-bond acceptors (Lipinski definition) is 2. The zero-order chi connectivity index (χ0) is 14.7. The molecule has 0 saturated heterocycles. The van der Waals surface area contributed by atoms with Gasteiger partial charge in [-0.25, -0.2) is 9.97 Å². The maximum absolute atomic E-state index is 4.20. The van der Waals surface area contributed by atoms with Crippen LogP contribution in [-0.2, 0) is 0 Å². The molecule has 2 aromatic heterocycles. The number of allylic oxidation sites excluding steroid dienone is 2. The minimum absolute atomic E-state index is 0.859. The van der Waals surface area contributed by atoms with Crippen molar-refractivity contribution in [1.29, 1.82) is 0 Å². The van der Waals surface area contributed by atoms with Gasteiger partial charge in [0, 0.05) is 29.7 Å². The predicted octanol–water partition coefficient (Wildman–Crippen LogP) is 4.46. The highest BCUT2D eigenvalue weighted by Gasteiger charge is 2.04. The standard InChI is InChI=1S/C18H17N3/c1-13(3-4-14(2)17-10-19-12-20-11-17)15-5-6-18-16(9-15)7-8-21-18/h5-12,21H,1-4H2. The van der Waals surface area contributed by atoms with Crippen molar-refractivity contribution < 1.29 is 0 Å². The molecule has 0 saturated carbocycles. The Morgan fingerprint density at radius 3 is 2.43 bits per heavy atom. The van der Waals surface area contributed by atoms with E-state index >= 15 is 0 Å².